The number of carbonyl (C=O) groups excluding carboxylic acids is 1. The molecule has 3 fully saturated rings. The summed E-state index contributed by atoms with van der Waals surface area (Å²) in [5.41, 5.74) is 2.68. The van der Waals surface area contributed by atoms with Gasteiger partial charge in [0.05, 0.1) is 10.5 Å². The molecule has 0 spiro atoms. The predicted octanol–water partition coefficient (Wildman–Crippen LogP) is 2.47. The summed E-state index contributed by atoms with van der Waals surface area (Å²) in [5.74, 6) is 0.0460. The summed E-state index contributed by atoms with van der Waals surface area (Å²) in [6.45, 7) is 1.50. The van der Waals surface area contributed by atoms with Crippen molar-refractivity contribution >= 4 is 32.7 Å². The summed E-state index contributed by atoms with van der Waals surface area (Å²) >= 11 is 0. The second kappa shape index (κ2) is 9.40. The lowest BCUT2D eigenvalue weighted by molar-refractivity contribution is -0.186. The number of hydrogen-bond donors (Lipinski definition) is 1. The molecule has 1 aromatic heterocycles. The summed E-state index contributed by atoms with van der Waals surface area (Å²) in [6, 6.07) is 12.8. The third-order valence-electron chi connectivity index (χ3n) is 7.10. The van der Waals surface area contributed by atoms with Crippen LogP contribution in [0, 0.1) is 0 Å². The third kappa shape index (κ3) is 4.32. The van der Waals surface area contributed by atoms with E-state index in [2.05, 4.69) is 15.4 Å². The summed E-state index contributed by atoms with van der Waals surface area (Å²) in [5, 5.41) is 1.91. The van der Waals surface area contributed by atoms with Gasteiger partial charge in [0.1, 0.15) is 0 Å². The number of piperazine rings is 1. The average Bonchev–Trinajstić information content (AvgIpc) is 3.54. The molecule has 3 atom stereocenters. The van der Waals surface area contributed by atoms with Crippen molar-refractivity contribution in [1.82, 2.24) is 19.8 Å². The monoisotopic (exact) mass is 509 g/mol. The van der Waals surface area contributed by atoms with Crippen molar-refractivity contribution in [2.75, 3.05) is 24.6 Å². The van der Waals surface area contributed by atoms with Gasteiger partial charge >= 0.3 is 0 Å². The van der Waals surface area contributed by atoms with Crippen LogP contribution in [0.3, 0.4) is 0 Å². The Morgan fingerprint density at radius 2 is 1.83 bits per heavy atom. The van der Waals surface area contributed by atoms with E-state index < -0.39 is 22.2 Å². The van der Waals surface area contributed by atoms with Gasteiger partial charge in [-0.15, -0.1) is 0 Å². The molecule has 4 heterocycles. The molecule has 11 heteroatoms. The Bertz CT molecular complexity index is 1380. The number of hydrogen-bond acceptors (Lipinski definition) is 8. The fourth-order valence-electron chi connectivity index (χ4n) is 5.20. The van der Waals surface area contributed by atoms with Crippen LogP contribution in [0.25, 0.3) is 10.8 Å². The van der Waals surface area contributed by atoms with Crippen LogP contribution in [0.2, 0.25) is 0 Å². The number of carbonyl (C=O) groups is 1. The van der Waals surface area contributed by atoms with Gasteiger partial charge in [0.15, 0.2) is 6.29 Å². The minimum atomic E-state index is -3.61. The lowest BCUT2D eigenvalue weighted by Crippen LogP contribution is -2.49. The van der Waals surface area contributed by atoms with E-state index in [1.165, 1.54) is 12.4 Å². The zero-order valence-corrected chi connectivity index (χ0v) is 20.4. The highest BCUT2D eigenvalue weighted by Crippen LogP contribution is 2.37. The van der Waals surface area contributed by atoms with Gasteiger partial charge in [-0.1, -0.05) is 30.3 Å². The Labute approximate surface area is 209 Å². The van der Waals surface area contributed by atoms with E-state index in [1.807, 2.05) is 35.2 Å². The molecule has 188 valence electrons. The Kier molecular flexibility index (Phi) is 6.08. The molecule has 0 aliphatic carbocycles. The zero-order valence-electron chi connectivity index (χ0n) is 19.6. The molecule has 10 nitrogen and oxygen atoms in total. The summed E-state index contributed by atoms with van der Waals surface area (Å²) in [7, 11) is -3.61. The maximum absolute atomic E-state index is 13.4. The Morgan fingerprint density at radius 1 is 1.03 bits per heavy atom. The number of anilines is 1. The molecular formula is C25H27N5O5S. The van der Waals surface area contributed by atoms with Crippen LogP contribution in [-0.4, -0.2) is 66.7 Å². The first-order chi connectivity index (χ1) is 17.5. The third-order valence-corrected chi connectivity index (χ3v) is 9.01. The molecule has 3 saturated heterocycles. The van der Waals surface area contributed by atoms with Crippen molar-refractivity contribution in [1.29, 1.82) is 0 Å². The van der Waals surface area contributed by atoms with Crippen LogP contribution >= 0.6 is 0 Å². The molecule has 1 amide bonds. The molecule has 3 aliphatic rings. The zero-order chi connectivity index (χ0) is 24.7. The van der Waals surface area contributed by atoms with Gasteiger partial charge in [-0.3, -0.25) is 4.79 Å². The van der Waals surface area contributed by atoms with Gasteiger partial charge in [0.2, 0.25) is 16.0 Å². The standard InChI is InChI=1S/C25H27N5O5S/c31-24(28-35-23-7-3-4-10-34-23)19-13-26-25(27-14-19)29-15-21-12-20(29)16-30(21)36(32,33)22-9-8-17-5-1-2-6-18(17)11-22/h1-2,5-6,8-9,11,13-14,20-21,23H,3-4,7,10,12,15-16H2,(H,28,31)/t20-,21-,23?/m1/s1. The molecule has 1 N–H and O–H groups in total. The van der Waals surface area contributed by atoms with Gasteiger partial charge in [-0.05, 0) is 42.2 Å². The van der Waals surface area contributed by atoms with Crippen LogP contribution in [0.15, 0.2) is 59.8 Å². The van der Waals surface area contributed by atoms with Crippen LogP contribution in [0.5, 0.6) is 0 Å². The van der Waals surface area contributed by atoms with Crippen LogP contribution in [0.1, 0.15) is 36.0 Å². The van der Waals surface area contributed by atoms with E-state index >= 15 is 0 Å². The second-order valence-electron chi connectivity index (χ2n) is 9.40. The van der Waals surface area contributed by atoms with Crippen molar-refractivity contribution in [2.24, 2.45) is 0 Å². The number of amides is 1. The number of rotatable bonds is 6. The number of benzene rings is 2. The SMILES string of the molecule is O=C(NOC1CCCCO1)c1cnc(N2C[C@H]3C[C@@H]2CN3S(=O)(=O)c2ccc3ccccc3c2)nc1. The molecule has 2 bridgehead atoms. The fourth-order valence-corrected chi connectivity index (χ4v) is 6.90. The van der Waals surface area contributed by atoms with E-state index in [-0.39, 0.29) is 17.6 Å². The van der Waals surface area contributed by atoms with Gasteiger partial charge in [-0.2, -0.15) is 4.31 Å². The normalized spacial score (nSPS) is 24.3. The molecule has 1 unspecified atom stereocenters. The number of sulfonamides is 1. The smallest absolute Gasteiger partial charge is 0.278 e. The first-order valence-electron chi connectivity index (χ1n) is 12.2. The second-order valence-corrected chi connectivity index (χ2v) is 11.3. The van der Waals surface area contributed by atoms with Crippen molar-refractivity contribution in [3.63, 3.8) is 0 Å². The minimum Gasteiger partial charge on any atom is -0.350 e. The van der Waals surface area contributed by atoms with Crippen molar-refractivity contribution < 1.29 is 22.8 Å². The summed E-state index contributed by atoms with van der Waals surface area (Å²) < 4.78 is 33.9. The number of aromatic nitrogens is 2. The molecule has 3 aromatic rings. The Morgan fingerprint density at radius 3 is 2.56 bits per heavy atom. The topological polar surface area (TPSA) is 114 Å². The summed E-state index contributed by atoms with van der Waals surface area (Å²) in [4.78, 5) is 28.8. The Hall–Kier alpha value is -3.12. The maximum atomic E-state index is 13.4. The number of nitrogens with zero attached hydrogens (tertiary/aromatic N) is 4. The van der Waals surface area contributed by atoms with Crippen molar-refractivity contribution in [3.8, 4) is 0 Å². The summed E-state index contributed by atoms with van der Waals surface area (Å²) in [6.07, 6.45) is 5.92. The highest BCUT2D eigenvalue weighted by atomic mass is 32.2. The number of nitrogens with one attached hydrogen (secondary N) is 1. The molecule has 0 radical (unpaired) electrons. The van der Waals surface area contributed by atoms with Gasteiger partial charge < -0.3 is 9.64 Å². The maximum Gasteiger partial charge on any atom is 0.278 e. The number of hydroxylamine groups is 1. The van der Waals surface area contributed by atoms with E-state index in [0.717, 1.165) is 30.0 Å². The first-order valence-corrected chi connectivity index (χ1v) is 13.6. The predicted molar refractivity (Wildman–Crippen MR) is 132 cm³/mol. The molecule has 3 aliphatic heterocycles. The Balaban J connectivity index is 1.10. The number of ether oxygens (including phenoxy) is 1. The fraction of sp³-hybridized carbons (Fsp3) is 0.400. The lowest BCUT2D eigenvalue weighted by Gasteiger charge is -2.33. The largest absolute Gasteiger partial charge is 0.350 e. The van der Waals surface area contributed by atoms with Gasteiger partial charge in [-0.25, -0.2) is 28.7 Å². The van der Waals surface area contributed by atoms with Crippen molar-refractivity contribution in [2.45, 2.75) is 49.0 Å². The highest BCUT2D eigenvalue weighted by Gasteiger charge is 2.49. The number of fused-ring (bicyclic) bond motifs is 3. The molecule has 6 rings (SSSR count). The van der Waals surface area contributed by atoms with E-state index in [9.17, 15) is 13.2 Å². The van der Waals surface area contributed by atoms with Gasteiger partial charge in [0.25, 0.3) is 5.91 Å². The average molecular weight is 510 g/mol. The van der Waals surface area contributed by atoms with E-state index in [4.69, 9.17) is 9.57 Å². The van der Waals surface area contributed by atoms with Crippen LogP contribution in [0.4, 0.5) is 5.95 Å². The van der Waals surface area contributed by atoms with Crippen LogP contribution in [-0.2, 0) is 19.6 Å². The molecule has 36 heavy (non-hydrogen) atoms. The quantitative estimate of drug-likeness (QED) is 0.504. The molecule has 0 saturated carbocycles. The minimum absolute atomic E-state index is 0.0170. The first kappa shape index (κ1) is 23.3. The van der Waals surface area contributed by atoms with Crippen LogP contribution < -0.4 is 10.4 Å². The molecule has 2 aromatic carbocycles. The van der Waals surface area contributed by atoms with E-state index in [1.54, 1.807) is 16.4 Å². The van der Waals surface area contributed by atoms with E-state index in [0.29, 0.717) is 37.0 Å². The van der Waals surface area contributed by atoms with Crippen molar-refractivity contribution in [3.05, 3.63) is 60.4 Å². The van der Waals surface area contributed by atoms with Gasteiger partial charge in [0, 0.05) is 50.6 Å². The molecular weight excluding hydrogens is 482 g/mol. The highest BCUT2D eigenvalue weighted by molar-refractivity contribution is 7.89. The lowest BCUT2D eigenvalue weighted by atomic mass is 10.1.